The van der Waals surface area contributed by atoms with Crippen molar-refractivity contribution in [3.63, 3.8) is 0 Å². The van der Waals surface area contributed by atoms with Crippen molar-refractivity contribution in [1.29, 1.82) is 0 Å². The quantitative estimate of drug-likeness (QED) is 0.714. The normalized spacial score (nSPS) is 17.7. The minimum atomic E-state index is 0.201. The highest BCUT2D eigenvalue weighted by Crippen LogP contribution is 2.28. The fraction of sp³-hybridized carbons (Fsp3) is 0.286. The van der Waals surface area contributed by atoms with Crippen LogP contribution in [0.15, 0.2) is 39.6 Å². The van der Waals surface area contributed by atoms with Crippen molar-refractivity contribution < 1.29 is 4.52 Å². The fourth-order valence-electron chi connectivity index (χ4n) is 2.58. The van der Waals surface area contributed by atoms with Gasteiger partial charge in [-0.25, -0.2) is 9.67 Å². The Morgan fingerprint density at radius 1 is 1.33 bits per heavy atom. The highest BCUT2D eigenvalue weighted by Gasteiger charge is 2.26. The number of halogens is 1. The summed E-state index contributed by atoms with van der Waals surface area (Å²) in [4.78, 5) is 8.77. The molecule has 4 rings (SSSR count). The van der Waals surface area contributed by atoms with Gasteiger partial charge < -0.3 is 4.52 Å². The molecule has 1 unspecified atom stereocenters. The van der Waals surface area contributed by atoms with Gasteiger partial charge in [0.1, 0.15) is 12.2 Å². The van der Waals surface area contributed by atoms with Crippen LogP contribution in [0.1, 0.15) is 24.1 Å². The molecule has 1 atom stereocenters. The smallest absolute Gasteiger partial charge is 0.231 e. The van der Waals surface area contributed by atoms with Gasteiger partial charge in [0.05, 0.1) is 12.5 Å². The van der Waals surface area contributed by atoms with Gasteiger partial charge in [0.25, 0.3) is 0 Å². The number of aromatic nitrogens is 5. The van der Waals surface area contributed by atoms with Crippen LogP contribution in [0, 0.1) is 0 Å². The lowest BCUT2D eigenvalue weighted by molar-refractivity contribution is 0.308. The van der Waals surface area contributed by atoms with Crippen molar-refractivity contribution in [2.45, 2.75) is 25.3 Å². The van der Waals surface area contributed by atoms with E-state index in [1.807, 2.05) is 28.9 Å². The number of nitrogens with zero attached hydrogens (tertiary/aromatic N) is 5. The number of fused-ring (bicyclic) bond motifs is 1. The summed E-state index contributed by atoms with van der Waals surface area (Å²) in [5.74, 6) is 2.52. The maximum absolute atomic E-state index is 5.45. The molecule has 0 saturated carbocycles. The molecule has 0 spiro atoms. The molecule has 21 heavy (non-hydrogen) atoms. The van der Waals surface area contributed by atoms with Crippen LogP contribution < -0.4 is 0 Å². The van der Waals surface area contributed by atoms with Gasteiger partial charge in [0.2, 0.25) is 11.7 Å². The first kappa shape index (κ1) is 12.7. The molecule has 0 saturated heterocycles. The molecule has 7 heteroatoms. The highest BCUT2D eigenvalue weighted by molar-refractivity contribution is 9.10. The topological polar surface area (TPSA) is 69.6 Å². The van der Waals surface area contributed by atoms with Crippen LogP contribution in [0.2, 0.25) is 0 Å². The van der Waals surface area contributed by atoms with E-state index in [1.54, 1.807) is 6.33 Å². The van der Waals surface area contributed by atoms with E-state index in [-0.39, 0.29) is 5.92 Å². The summed E-state index contributed by atoms with van der Waals surface area (Å²) < 4.78 is 8.36. The fourth-order valence-corrected chi connectivity index (χ4v) is 2.98. The predicted octanol–water partition coefficient (Wildman–Crippen LogP) is 2.82. The molecule has 0 N–H and O–H groups in total. The summed E-state index contributed by atoms with van der Waals surface area (Å²) in [5.41, 5.74) is 0.941. The van der Waals surface area contributed by atoms with E-state index < -0.39 is 0 Å². The van der Waals surface area contributed by atoms with Crippen molar-refractivity contribution in [2.75, 3.05) is 0 Å². The summed E-state index contributed by atoms with van der Waals surface area (Å²) in [6, 6.07) is 7.87. The third-order valence-corrected chi connectivity index (χ3v) is 4.17. The Morgan fingerprint density at radius 2 is 2.29 bits per heavy atom. The van der Waals surface area contributed by atoms with Crippen LogP contribution in [0.3, 0.4) is 0 Å². The third kappa shape index (κ3) is 2.37. The van der Waals surface area contributed by atoms with Crippen molar-refractivity contribution in [3.05, 3.63) is 46.8 Å². The monoisotopic (exact) mass is 345 g/mol. The van der Waals surface area contributed by atoms with E-state index in [2.05, 4.69) is 36.2 Å². The second kappa shape index (κ2) is 5.07. The summed E-state index contributed by atoms with van der Waals surface area (Å²) >= 11 is 3.45. The van der Waals surface area contributed by atoms with Gasteiger partial charge in [-0.2, -0.15) is 10.1 Å². The van der Waals surface area contributed by atoms with E-state index in [4.69, 9.17) is 4.52 Å². The van der Waals surface area contributed by atoms with Crippen LogP contribution in [0.4, 0.5) is 0 Å². The molecule has 0 radical (unpaired) electrons. The molecule has 3 aromatic rings. The summed E-state index contributed by atoms with van der Waals surface area (Å²) in [7, 11) is 0. The second-order valence-corrected chi connectivity index (χ2v) is 5.98. The summed E-state index contributed by atoms with van der Waals surface area (Å²) in [6.07, 6.45) is 3.44. The van der Waals surface area contributed by atoms with E-state index in [0.717, 1.165) is 35.2 Å². The molecule has 2 aromatic heterocycles. The molecule has 0 amide bonds. The molecule has 1 aliphatic heterocycles. The zero-order chi connectivity index (χ0) is 14.2. The second-order valence-electron chi connectivity index (χ2n) is 5.06. The van der Waals surface area contributed by atoms with Crippen molar-refractivity contribution in [1.82, 2.24) is 24.9 Å². The van der Waals surface area contributed by atoms with Gasteiger partial charge in [0, 0.05) is 16.5 Å². The highest BCUT2D eigenvalue weighted by atomic mass is 79.9. The molecule has 1 aliphatic rings. The maximum atomic E-state index is 5.45. The molecule has 0 aliphatic carbocycles. The first-order chi connectivity index (χ1) is 10.3. The third-order valence-electron chi connectivity index (χ3n) is 3.68. The zero-order valence-electron chi connectivity index (χ0n) is 11.1. The Kier molecular flexibility index (Phi) is 3.07. The maximum Gasteiger partial charge on any atom is 0.231 e. The Hall–Kier alpha value is -2.02. The standard InChI is InChI=1S/C14H12BrN5O/c15-11-3-1-2-9(6-11)13-18-14(21-19-13)10-4-5-12-16-8-17-20(12)7-10/h1-3,6,8,10H,4-5,7H2. The molecule has 3 heterocycles. The summed E-state index contributed by atoms with van der Waals surface area (Å²) in [5, 5.41) is 8.31. The van der Waals surface area contributed by atoms with Crippen molar-refractivity contribution >= 4 is 15.9 Å². The van der Waals surface area contributed by atoms with Gasteiger partial charge in [-0.3, -0.25) is 0 Å². The Balaban J connectivity index is 1.61. The van der Waals surface area contributed by atoms with Crippen LogP contribution in [-0.2, 0) is 13.0 Å². The van der Waals surface area contributed by atoms with E-state index >= 15 is 0 Å². The van der Waals surface area contributed by atoms with Crippen LogP contribution in [0.5, 0.6) is 0 Å². The van der Waals surface area contributed by atoms with Gasteiger partial charge in [-0.15, -0.1) is 0 Å². The number of rotatable bonds is 2. The molecule has 106 valence electrons. The average Bonchev–Trinajstić information content (AvgIpc) is 3.15. The summed E-state index contributed by atoms with van der Waals surface area (Å²) in [6.45, 7) is 0.745. The van der Waals surface area contributed by atoms with Crippen LogP contribution >= 0.6 is 15.9 Å². The number of benzene rings is 1. The molecule has 6 nitrogen and oxygen atoms in total. The van der Waals surface area contributed by atoms with Gasteiger partial charge in [-0.1, -0.05) is 33.2 Å². The molecule has 0 fully saturated rings. The van der Waals surface area contributed by atoms with Crippen molar-refractivity contribution in [3.8, 4) is 11.4 Å². The lowest BCUT2D eigenvalue weighted by atomic mass is 10.00. The minimum Gasteiger partial charge on any atom is -0.339 e. The Bertz CT molecular complexity index is 781. The van der Waals surface area contributed by atoms with Crippen LogP contribution in [-0.4, -0.2) is 24.9 Å². The van der Waals surface area contributed by atoms with Gasteiger partial charge in [-0.05, 0) is 18.6 Å². The molecular weight excluding hydrogens is 334 g/mol. The average molecular weight is 346 g/mol. The largest absolute Gasteiger partial charge is 0.339 e. The molecular formula is C14H12BrN5O. The first-order valence-corrected chi connectivity index (χ1v) is 7.55. The van der Waals surface area contributed by atoms with Gasteiger partial charge in [0.15, 0.2) is 0 Å². The SMILES string of the molecule is Brc1cccc(-c2noc(C3CCc4ncnn4C3)n2)c1. The predicted molar refractivity (Wildman–Crippen MR) is 78.5 cm³/mol. The Labute approximate surface area is 129 Å². The zero-order valence-corrected chi connectivity index (χ0v) is 12.7. The number of hydrogen-bond acceptors (Lipinski definition) is 5. The lowest BCUT2D eigenvalue weighted by Gasteiger charge is -2.18. The molecule has 1 aromatic carbocycles. The number of aryl methyl sites for hydroxylation is 1. The minimum absolute atomic E-state index is 0.201. The lowest BCUT2D eigenvalue weighted by Crippen LogP contribution is -2.20. The molecule has 0 bridgehead atoms. The Morgan fingerprint density at radius 3 is 3.19 bits per heavy atom. The van der Waals surface area contributed by atoms with E-state index in [1.165, 1.54) is 0 Å². The first-order valence-electron chi connectivity index (χ1n) is 6.76. The number of hydrogen-bond donors (Lipinski definition) is 0. The van der Waals surface area contributed by atoms with Crippen molar-refractivity contribution in [2.24, 2.45) is 0 Å². The van der Waals surface area contributed by atoms with Gasteiger partial charge >= 0.3 is 0 Å². The van der Waals surface area contributed by atoms with E-state index in [9.17, 15) is 0 Å². The van der Waals surface area contributed by atoms with Crippen LogP contribution in [0.25, 0.3) is 11.4 Å². The van der Waals surface area contributed by atoms with E-state index in [0.29, 0.717) is 11.7 Å².